The monoisotopic (exact) mass is 222 g/mol. The van der Waals surface area contributed by atoms with Gasteiger partial charge in [0.2, 0.25) is 0 Å². The van der Waals surface area contributed by atoms with Crippen LogP contribution >= 0.6 is 0 Å². The summed E-state index contributed by atoms with van der Waals surface area (Å²) in [7, 11) is 0. The molecule has 0 fully saturated rings. The first-order chi connectivity index (χ1) is 8.22. The SMILES string of the molecule is Cc1cc(C)cc(-c2cnc3[nH]ccc3c2)c1. The third kappa shape index (κ3) is 1.82. The molecule has 2 heterocycles. The summed E-state index contributed by atoms with van der Waals surface area (Å²) in [5, 5.41) is 1.15. The Morgan fingerprint density at radius 2 is 1.71 bits per heavy atom. The molecule has 3 aromatic rings. The number of pyridine rings is 1. The number of fused-ring (bicyclic) bond motifs is 1. The molecule has 3 rings (SSSR count). The number of aromatic amines is 1. The number of hydrogen-bond acceptors (Lipinski definition) is 1. The molecule has 0 radical (unpaired) electrons. The van der Waals surface area contributed by atoms with Crippen LogP contribution in [-0.2, 0) is 0 Å². The predicted octanol–water partition coefficient (Wildman–Crippen LogP) is 3.85. The molecule has 2 heteroatoms. The average molecular weight is 222 g/mol. The Kier molecular flexibility index (Phi) is 2.22. The normalized spacial score (nSPS) is 10.9. The van der Waals surface area contributed by atoms with Crippen molar-refractivity contribution in [3.8, 4) is 11.1 Å². The summed E-state index contributed by atoms with van der Waals surface area (Å²) in [6.07, 6.45) is 3.84. The van der Waals surface area contributed by atoms with E-state index in [2.05, 4.69) is 54.1 Å². The molecule has 0 unspecified atom stereocenters. The van der Waals surface area contributed by atoms with E-state index in [-0.39, 0.29) is 0 Å². The minimum Gasteiger partial charge on any atom is -0.346 e. The van der Waals surface area contributed by atoms with Crippen molar-refractivity contribution in [2.45, 2.75) is 13.8 Å². The molecule has 2 nitrogen and oxygen atoms in total. The van der Waals surface area contributed by atoms with Gasteiger partial charge in [-0.05, 0) is 31.5 Å². The summed E-state index contributed by atoms with van der Waals surface area (Å²) in [5.74, 6) is 0. The molecule has 0 bridgehead atoms. The van der Waals surface area contributed by atoms with E-state index >= 15 is 0 Å². The zero-order valence-corrected chi connectivity index (χ0v) is 9.99. The third-order valence-corrected chi connectivity index (χ3v) is 2.96. The van der Waals surface area contributed by atoms with Crippen molar-refractivity contribution in [1.82, 2.24) is 9.97 Å². The first-order valence-corrected chi connectivity index (χ1v) is 5.74. The first kappa shape index (κ1) is 10.1. The molecule has 84 valence electrons. The highest BCUT2D eigenvalue weighted by Crippen LogP contribution is 2.24. The van der Waals surface area contributed by atoms with Gasteiger partial charge in [0, 0.05) is 23.3 Å². The molecule has 0 aliphatic rings. The number of nitrogens with zero attached hydrogens (tertiary/aromatic N) is 1. The van der Waals surface area contributed by atoms with Gasteiger partial charge in [-0.3, -0.25) is 0 Å². The average Bonchev–Trinajstić information content (AvgIpc) is 2.74. The van der Waals surface area contributed by atoms with Gasteiger partial charge in [-0.25, -0.2) is 4.98 Å². The summed E-state index contributed by atoms with van der Waals surface area (Å²) in [6.45, 7) is 4.25. The molecule has 0 atom stereocenters. The van der Waals surface area contributed by atoms with Crippen LogP contribution < -0.4 is 0 Å². The van der Waals surface area contributed by atoms with E-state index in [9.17, 15) is 0 Å². The van der Waals surface area contributed by atoms with Crippen LogP contribution in [-0.4, -0.2) is 9.97 Å². The Morgan fingerprint density at radius 3 is 2.47 bits per heavy atom. The molecule has 1 N–H and O–H groups in total. The number of hydrogen-bond donors (Lipinski definition) is 1. The van der Waals surface area contributed by atoms with Crippen molar-refractivity contribution in [1.29, 1.82) is 0 Å². The topological polar surface area (TPSA) is 28.7 Å². The predicted molar refractivity (Wildman–Crippen MR) is 71.0 cm³/mol. The third-order valence-electron chi connectivity index (χ3n) is 2.96. The van der Waals surface area contributed by atoms with Gasteiger partial charge < -0.3 is 4.98 Å². The Morgan fingerprint density at radius 1 is 0.941 bits per heavy atom. The maximum atomic E-state index is 4.42. The molecule has 17 heavy (non-hydrogen) atoms. The number of nitrogens with one attached hydrogen (secondary N) is 1. The molecule has 0 aliphatic heterocycles. The Balaban J connectivity index is 2.19. The van der Waals surface area contributed by atoms with Gasteiger partial charge in [0.05, 0.1) is 0 Å². The lowest BCUT2D eigenvalue weighted by Gasteiger charge is -2.05. The van der Waals surface area contributed by atoms with Crippen molar-refractivity contribution < 1.29 is 0 Å². The molecule has 0 aliphatic carbocycles. The van der Waals surface area contributed by atoms with E-state index in [0.717, 1.165) is 11.0 Å². The lowest BCUT2D eigenvalue weighted by Crippen LogP contribution is -1.84. The minimum atomic E-state index is 0.943. The highest BCUT2D eigenvalue weighted by molar-refractivity contribution is 5.81. The standard InChI is InChI=1S/C15H14N2/c1-10-5-11(2)7-13(6-10)14-8-12-3-4-16-15(12)17-9-14/h3-9H,1-2H3,(H,16,17). The lowest BCUT2D eigenvalue weighted by molar-refractivity contribution is 1.32. The first-order valence-electron chi connectivity index (χ1n) is 5.74. The maximum Gasteiger partial charge on any atom is 0.137 e. The van der Waals surface area contributed by atoms with Crippen LogP contribution in [0.25, 0.3) is 22.2 Å². The maximum absolute atomic E-state index is 4.42. The number of rotatable bonds is 1. The summed E-state index contributed by atoms with van der Waals surface area (Å²) in [5.41, 5.74) is 5.92. The van der Waals surface area contributed by atoms with Crippen molar-refractivity contribution >= 4 is 11.0 Å². The zero-order valence-electron chi connectivity index (χ0n) is 9.99. The Hall–Kier alpha value is -2.09. The van der Waals surface area contributed by atoms with Gasteiger partial charge in [-0.15, -0.1) is 0 Å². The van der Waals surface area contributed by atoms with Gasteiger partial charge in [0.1, 0.15) is 5.65 Å². The second-order valence-corrected chi connectivity index (χ2v) is 4.52. The summed E-state index contributed by atoms with van der Waals surface area (Å²) >= 11 is 0. The van der Waals surface area contributed by atoms with E-state index in [4.69, 9.17) is 0 Å². The van der Waals surface area contributed by atoms with Crippen molar-refractivity contribution in [3.63, 3.8) is 0 Å². The van der Waals surface area contributed by atoms with Gasteiger partial charge in [0.15, 0.2) is 0 Å². The van der Waals surface area contributed by atoms with E-state index in [1.807, 2.05) is 12.4 Å². The fraction of sp³-hybridized carbons (Fsp3) is 0.133. The summed E-state index contributed by atoms with van der Waals surface area (Å²) in [6, 6.07) is 10.8. The Labute approximate surface area is 100 Å². The quantitative estimate of drug-likeness (QED) is 0.665. The molecule has 2 aromatic heterocycles. The number of aromatic nitrogens is 2. The van der Waals surface area contributed by atoms with Gasteiger partial charge >= 0.3 is 0 Å². The van der Waals surface area contributed by atoms with E-state index in [1.165, 1.54) is 22.3 Å². The number of benzene rings is 1. The van der Waals surface area contributed by atoms with E-state index in [1.54, 1.807) is 0 Å². The van der Waals surface area contributed by atoms with Crippen molar-refractivity contribution in [2.75, 3.05) is 0 Å². The van der Waals surface area contributed by atoms with Gasteiger partial charge in [-0.2, -0.15) is 0 Å². The highest BCUT2D eigenvalue weighted by Gasteiger charge is 2.02. The molecule has 1 aromatic carbocycles. The van der Waals surface area contributed by atoms with Crippen LogP contribution in [0.2, 0.25) is 0 Å². The second kappa shape index (κ2) is 3.74. The molecule has 0 saturated heterocycles. The van der Waals surface area contributed by atoms with E-state index in [0.29, 0.717) is 0 Å². The molecular formula is C15H14N2. The van der Waals surface area contributed by atoms with Gasteiger partial charge in [0.25, 0.3) is 0 Å². The smallest absolute Gasteiger partial charge is 0.137 e. The molecule has 0 amide bonds. The Bertz CT molecular complexity index is 660. The largest absolute Gasteiger partial charge is 0.346 e. The van der Waals surface area contributed by atoms with Crippen LogP contribution in [0, 0.1) is 13.8 Å². The van der Waals surface area contributed by atoms with Gasteiger partial charge in [-0.1, -0.05) is 29.3 Å². The highest BCUT2D eigenvalue weighted by atomic mass is 14.8. The molecule has 0 spiro atoms. The van der Waals surface area contributed by atoms with Crippen molar-refractivity contribution in [2.24, 2.45) is 0 Å². The fourth-order valence-corrected chi connectivity index (χ4v) is 2.24. The summed E-state index contributed by atoms with van der Waals surface area (Å²) in [4.78, 5) is 7.53. The van der Waals surface area contributed by atoms with Crippen LogP contribution in [0.3, 0.4) is 0 Å². The molecule has 0 saturated carbocycles. The number of H-pyrrole nitrogens is 1. The van der Waals surface area contributed by atoms with Crippen molar-refractivity contribution in [3.05, 3.63) is 53.9 Å². The second-order valence-electron chi connectivity index (χ2n) is 4.52. The van der Waals surface area contributed by atoms with Crippen LogP contribution in [0.5, 0.6) is 0 Å². The van der Waals surface area contributed by atoms with Crippen LogP contribution in [0.4, 0.5) is 0 Å². The fourth-order valence-electron chi connectivity index (χ4n) is 2.24. The summed E-state index contributed by atoms with van der Waals surface area (Å²) < 4.78 is 0. The van der Waals surface area contributed by atoms with Crippen LogP contribution in [0.15, 0.2) is 42.7 Å². The zero-order chi connectivity index (χ0) is 11.8. The lowest BCUT2D eigenvalue weighted by atomic mass is 10.0. The van der Waals surface area contributed by atoms with Crippen LogP contribution in [0.1, 0.15) is 11.1 Å². The van der Waals surface area contributed by atoms with E-state index < -0.39 is 0 Å². The minimum absolute atomic E-state index is 0.943. The molecular weight excluding hydrogens is 208 g/mol. The number of aryl methyl sites for hydroxylation is 2.